The lowest BCUT2D eigenvalue weighted by molar-refractivity contribution is 0.201. The van der Waals surface area contributed by atoms with E-state index in [-0.39, 0.29) is 0 Å². The van der Waals surface area contributed by atoms with Crippen LogP contribution in [-0.4, -0.2) is 43.4 Å². The van der Waals surface area contributed by atoms with E-state index in [0.29, 0.717) is 27.7 Å². The number of likely N-dealkylation sites (tertiary alicyclic amines) is 1. The fraction of sp³-hybridized carbons (Fsp3) is 0.421. The number of thiocarbonyl (C=S) groups is 1. The van der Waals surface area contributed by atoms with E-state index in [2.05, 4.69) is 33.0 Å². The molecule has 0 aliphatic carbocycles. The van der Waals surface area contributed by atoms with Crippen molar-refractivity contribution in [1.82, 2.24) is 10.2 Å². The topological polar surface area (TPSA) is 45.8 Å². The number of ether oxygens (including phenoxy) is 2. The second-order valence-electron chi connectivity index (χ2n) is 6.42. The van der Waals surface area contributed by atoms with Crippen LogP contribution in [0.25, 0.3) is 0 Å². The zero-order chi connectivity index (χ0) is 19.2. The van der Waals surface area contributed by atoms with E-state index in [1.165, 1.54) is 4.88 Å². The maximum absolute atomic E-state index is 6.15. The maximum Gasteiger partial charge on any atom is 0.171 e. The van der Waals surface area contributed by atoms with E-state index >= 15 is 0 Å². The molecule has 0 bridgehead atoms. The first-order valence-corrected chi connectivity index (χ1v) is 10.5. The van der Waals surface area contributed by atoms with Gasteiger partial charge in [0.05, 0.1) is 24.9 Å². The lowest BCUT2D eigenvalue weighted by Gasteiger charge is -2.32. The normalized spacial score (nSPS) is 15.4. The first-order valence-electron chi connectivity index (χ1n) is 8.83. The number of rotatable bonds is 6. The van der Waals surface area contributed by atoms with Crippen molar-refractivity contribution in [2.75, 3.05) is 32.6 Å². The molecular formula is C19H24ClN3O2S2. The van der Waals surface area contributed by atoms with Crippen LogP contribution in [0.2, 0.25) is 5.02 Å². The van der Waals surface area contributed by atoms with Gasteiger partial charge in [0.1, 0.15) is 11.5 Å². The second-order valence-corrected chi connectivity index (χ2v) is 8.26. The number of hydrogen-bond acceptors (Lipinski definition) is 5. The van der Waals surface area contributed by atoms with Gasteiger partial charge in [-0.3, -0.25) is 4.90 Å². The molecule has 1 aromatic heterocycles. The SMILES string of the molecule is COc1cc(NC(=S)NC2CCN(Cc3cccs3)CC2)c(OC)cc1Cl. The van der Waals surface area contributed by atoms with Crippen LogP contribution < -0.4 is 20.1 Å². The Morgan fingerprint density at radius 3 is 2.63 bits per heavy atom. The molecule has 0 atom stereocenters. The highest BCUT2D eigenvalue weighted by Crippen LogP contribution is 2.35. The number of methoxy groups -OCH3 is 2. The monoisotopic (exact) mass is 425 g/mol. The molecule has 0 spiro atoms. The maximum atomic E-state index is 6.15. The summed E-state index contributed by atoms with van der Waals surface area (Å²) in [5.74, 6) is 1.19. The minimum atomic E-state index is 0.366. The molecule has 0 radical (unpaired) electrons. The van der Waals surface area contributed by atoms with E-state index < -0.39 is 0 Å². The third-order valence-corrected chi connectivity index (χ3v) is 5.98. The zero-order valence-electron chi connectivity index (χ0n) is 15.5. The standard InChI is InChI=1S/C19H24ClN3O2S2/c1-24-17-11-16(18(25-2)10-15(17)20)22-19(26)21-13-5-7-23(8-6-13)12-14-4-3-9-27-14/h3-4,9-11,13H,5-8,12H2,1-2H3,(H2,21,22,26). The minimum Gasteiger partial charge on any atom is -0.495 e. The van der Waals surface area contributed by atoms with Gasteiger partial charge in [-0.25, -0.2) is 0 Å². The summed E-state index contributed by atoms with van der Waals surface area (Å²) in [6.45, 7) is 3.17. The zero-order valence-corrected chi connectivity index (χ0v) is 17.8. The fourth-order valence-electron chi connectivity index (χ4n) is 3.16. The molecule has 2 heterocycles. The Morgan fingerprint density at radius 2 is 2.00 bits per heavy atom. The van der Waals surface area contributed by atoms with Crippen LogP contribution in [0.4, 0.5) is 5.69 Å². The largest absolute Gasteiger partial charge is 0.495 e. The number of hydrogen-bond donors (Lipinski definition) is 2. The van der Waals surface area contributed by atoms with Crippen molar-refractivity contribution >= 4 is 46.0 Å². The Kier molecular flexibility index (Phi) is 7.18. The van der Waals surface area contributed by atoms with Gasteiger partial charge in [0, 0.05) is 42.7 Å². The van der Waals surface area contributed by atoms with Gasteiger partial charge < -0.3 is 20.1 Å². The Labute approximate surface area is 174 Å². The highest BCUT2D eigenvalue weighted by atomic mass is 35.5. The molecule has 1 aliphatic heterocycles. The molecule has 1 aliphatic rings. The molecular weight excluding hydrogens is 402 g/mol. The molecule has 1 aromatic carbocycles. The summed E-state index contributed by atoms with van der Waals surface area (Å²) in [7, 11) is 3.18. The number of halogens is 1. The fourth-order valence-corrected chi connectivity index (χ4v) is 4.41. The average molecular weight is 426 g/mol. The number of nitrogens with one attached hydrogen (secondary N) is 2. The van der Waals surface area contributed by atoms with Gasteiger partial charge in [-0.15, -0.1) is 11.3 Å². The van der Waals surface area contributed by atoms with Gasteiger partial charge in [0.2, 0.25) is 0 Å². The van der Waals surface area contributed by atoms with Crippen LogP contribution in [0.1, 0.15) is 17.7 Å². The highest BCUT2D eigenvalue weighted by molar-refractivity contribution is 7.80. The van der Waals surface area contributed by atoms with Gasteiger partial charge in [-0.05, 0) is 36.5 Å². The average Bonchev–Trinajstić information content (AvgIpc) is 3.17. The Bertz CT molecular complexity index is 763. The lowest BCUT2D eigenvalue weighted by Crippen LogP contribution is -2.45. The van der Waals surface area contributed by atoms with Crippen molar-refractivity contribution in [2.45, 2.75) is 25.4 Å². The van der Waals surface area contributed by atoms with Crippen molar-refractivity contribution in [3.05, 3.63) is 39.5 Å². The third kappa shape index (κ3) is 5.48. The molecule has 27 heavy (non-hydrogen) atoms. The van der Waals surface area contributed by atoms with E-state index in [0.717, 1.165) is 38.2 Å². The number of anilines is 1. The predicted octanol–water partition coefficient (Wildman–Crippen LogP) is 4.37. The minimum absolute atomic E-state index is 0.366. The predicted molar refractivity (Wildman–Crippen MR) is 117 cm³/mol. The van der Waals surface area contributed by atoms with E-state index in [9.17, 15) is 0 Å². The van der Waals surface area contributed by atoms with Crippen molar-refractivity contribution in [1.29, 1.82) is 0 Å². The molecule has 1 fully saturated rings. The first-order chi connectivity index (χ1) is 13.1. The number of piperidine rings is 1. The van der Waals surface area contributed by atoms with Crippen LogP contribution in [0.15, 0.2) is 29.6 Å². The van der Waals surface area contributed by atoms with Gasteiger partial charge in [0.25, 0.3) is 0 Å². The van der Waals surface area contributed by atoms with E-state index in [1.54, 1.807) is 26.4 Å². The summed E-state index contributed by atoms with van der Waals surface area (Å²) in [5.41, 5.74) is 0.728. The molecule has 8 heteroatoms. The van der Waals surface area contributed by atoms with Crippen LogP contribution in [-0.2, 0) is 6.54 Å². The molecule has 1 saturated heterocycles. The van der Waals surface area contributed by atoms with Crippen LogP contribution in [0, 0.1) is 0 Å². The summed E-state index contributed by atoms with van der Waals surface area (Å²) in [5, 5.41) is 9.83. The van der Waals surface area contributed by atoms with E-state index in [4.69, 9.17) is 33.3 Å². The molecule has 3 rings (SSSR count). The summed E-state index contributed by atoms with van der Waals surface area (Å²) < 4.78 is 10.7. The molecule has 0 amide bonds. The number of nitrogens with zero attached hydrogens (tertiary/aromatic N) is 1. The third-order valence-electron chi connectivity index (χ3n) is 4.60. The smallest absolute Gasteiger partial charge is 0.171 e. The summed E-state index contributed by atoms with van der Waals surface area (Å²) >= 11 is 13.5. The van der Waals surface area contributed by atoms with Crippen molar-refractivity contribution < 1.29 is 9.47 Å². The number of thiophene rings is 1. The molecule has 5 nitrogen and oxygen atoms in total. The molecule has 0 unspecified atom stereocenters. The molecule has 2 N–H and O–H groups in total. The van der Waals surface area contributed by atoms with Crippen LogP contribution in [0.5, 0.6) is 11.5 Å². The van der Waals surface area contributed by atoms with Crippen molar-refractivity contribution in [3.8, 4) is 11.5 Å². The number of benzene rings is 1. The van der Waals surface area contributed by atoms with Gasteiger partial charge >= 0.3 is 0 Å². The molecule has 146 valence electrons. The molecule has 0 saturated carbocycles. The van der Waals surface area contributed by atoms with Gasteiger partial charge in [-0.2, -0.15) is 0 Å². The van der Waals surface area contributed by atoms with Crippen molar-refractivity contribution in [3.63, 3.8) is 0 Å². The van der Waals surface area contributed by atoms with Crippen LogP contribution in [0.3, 0.4) is 0 Å². The van der Waals surface area contributed by atoms with Gasteiger partial charge in [-0.1, -0.05) is 17.7 Å². The van der Waals surface area contributed by atoms with E-state index in [1.807, 2.05) is 11.3 Å². The lowest BCUT2D eigenvalue weighted by atomic mass is 10.1. The summed E-state index contributed by atoms with van der Waals surface area (Å²) in [6.07, 6.45) is 2.13. The highest BCUT2D eigenvalue weighted by Gasteiger charge is 2.20. The van der Waals surface area contributed by atoms with Crippen LogP contribution >= 0.6 is 35.2 Å². The quantitative estimate of drug-likeness (QED) is 0.670. The summed E-state index contributed by atoms with van der Waals surface area (Å²) in [6, 6.07) is 8.18. The molecule has 2 aromatic rings. The Hall–Kier alpha value is -1.54. The summed E-state index contributed by atoms with van der Waals surface area (Å²) in [4.78, 5) is 3.91. The first kappa shape index (κ1) is 20.2. The van der Waals surface area contributed by atoms with Crippen molar-refractivity contribution in [2.24, 2.45) is 0 Å². The van der Waals surface area contributed by atoms with Gasteiger partial charge in [0.15, 0.2) is 5.11 Å². The Morgan fingerprint density at radius 1 is 1.26 bits per heavy atom. The Balaban J connectivity index is 1.51. The second kappa shape index (κ2) is 9.59.